The molecule has 2 spiro atoms. The molecule has 2 amide bonds. The number of hydrogen-bond donors (Lipinski definition) is 1. The van der Waals surface area contributed by atoms with Gasteiger partial charge in [-0.1, -0.05) is 42.5 Å². The summed E-state index contributed by atoms with van der Waals surface area (Å²) < 4.78 is 1.08. The molecule has 184 valence electrons. The minimum absolute atomic E-state index is 0.0147. The van der Waals surface area contributed by atoms with E-state index in [4.69, 9.17) is 0 Å². The summed E-state index contributed by atoms with van der Waals surface area (Å²) >= 11 is 0. The molecule has 0 aromatic heterocycles. The molecule has 3 atom stereocenters. The van der Waals surface area contributed by atoms with Crippen LogP contribution in [0.5, 0.6) is 0 Å². The van der Waals surface area contributed by atoms with E-state index in [0.717, 1.165) is 38.8 Å². The summed E-state index contributed by atoms with van der Waals surface area (Å²) in [4.78, 5) is 29.1. The lowest BCUT2D eigenvalue weighted by atomic mass is 9.51. The molecule has 4 saturated heterocycles. The lowest BCUT2D eigenvalue weighted by Crippen LogP contribution is -2.83. The summed E-state index contributed by atoms with van der Waals surface area (Å²) in [6, 6.07) is 20.6. The summed E-state index contributed by atoms with van der Waals surface area (Å²) in [6.07, 6.45) is 4.03. The van der Waals surface area contributed by atoms with Crippen LogP contribution < -0.4 is 5.32 Å². The van der Waals surface area contributed by atoms with Crippen molar-refractivity contribution in [2.45, 2.75) is 44.2 Å². The van der Waals surface area contributed by atoms with Gasteiger partial charge in [-0.25, -0.2) is 0 Å². The monoisotopic (exact) mass is 489 g/mol. The molecule has 4 fully saturated rings. The van der Waals surface area contributed by atoms with Gasteiger partial charge in [-0.05, 0) is 73.2 Å². The fraction of sp³-hybridized carbons (Fsp3) is 0.323. The Labute approximate surface area is 214 Å². The SMILES string of the molecule is CC1(C)C2=[N+]([O-])c3cc(-c4ccc5ccccc5c4)ccc3C2=C[C@@]23NC(=O)C4(CCCN4C2=O)CC13. The number of amides is 2. The van der Waals surface area contributed by atoms with Gasteiger partial charge >= 0.3 is 0 Å². The third-order valence-electron chi connectivity index (χ3n) is 9.82. The van der Waals surface area contributed by atoms with Crippen molar-refractivity contribution in [3.8, 4) is 11.1 Å². The number of carbonyl (C=O) groups excluding carboxylic acids is 2. The molecule has 6 nitrogen and oxygen atoms in total. The number of nitrogens with zero attached hydrogens (tertiary/aromatic N) is 2. The van der Waals surface area contributed by atoms with Gasteiger partial charge in [0.05, 0.1) is 16.6 Å². The van der Waals surface area contributed by atoms with Crippen LogP contribution in [0, 0.1) is 16.5 Å². The van der Waals surface area contributed by atoms with E-state index in [1.165, 1.54) is 5.39 Å². The number of hydrogen-bond acceptors (Lipinski definition) is 3. The van der Waals surface area contributed by atoms with Crippen LogP contribution in [0.4, 0.5) is 5.69 Å². The lowest BCUT2D eigenvalue weighted by Gasteiger charge is -2.62. The zero-order chi connectivity index (χ0) is 25.3. The number of allylic oxidation sites excluding steroid dienone is 1. The number of carbonyl (C=O) groups is 2. The molecule has 5 aliphatic heterocycles. The molecular weight excluding hydrogens is 462 g/mol. The van der Waals surface area contributed by atoms with Crippen molar-refractivity contribution in [2.24, 2.45) is 11.3 Å². The highest BCUT2D eigenvalue weighted by Crippen LogP contribution is 2.60. The van der Waals surface area contributed by atoms with E-state index >= 15 is 0 Å². The van der Waals surface area contributed by atoms with Crippen molar-refractivity contribution in [1.82, 2.24) is 10.2 Å². The topological polar surface area (TPSA) is 75.5 Å². The Hall–Kier alpha value is -3.93. The maximum absolute atomic E-state index is 13.9. The maximum Gasteiger partial charge on any atom is 0.253 e. The van der Waals surface area contributed by atoms with Crippen molar-refractivity contribution >= 4 is 39.6 Å². The second-order valence-corrected chi connectivity index (χ2v) is 11.9. The van der Waals surface area contributed by atoms with E-state index < -0.39 is 16.5 Å². The highest BCUT2D eigenvalue weighted by Gasteiger charge is 2.73. The van der Waals surface area contributed by atoms with E-state index in [2.05, 4.69) is 49.5 Å². The molecule has 3 aromatic rings. The van der Waals surface area contributed by atoms with Gasteiger partial charge in [0.1, 0.15) is 11.1 Å². The number of benzene rings is 3. The van der Waals surface area contributed by atoms with Gasteiger partial charge in [0.25, 0.3) is 5.91 Å². The van der Waals surface area contributed by atoms with Crippen LogP contribution in [0.2, 0.25) is 0 Å². The van der Waals surface area contributed by atoms with E-state index in [9.17, 15) is 14.8 Å². The smallest absolute Gasteiger partial charge is 0.253 e. The van der Waals surface area contributed by atoms with Gasteiger partial charge in [-0.3, -0.25) is 9.59 Å². The summed E-state index contributed by atoms with van der Waals surface area (Å²) in [6.45, 7) is 4.76. The first-order valence-corrected chi connectivity index (χ1v) is 13.1. The van der Waals surface area contributed by atoms with Crippen LogP contribution in [-0.2, 0) is 9.59 Å². The number of piperazine rings is 1. The van der Waals surface area contributed by atoms with Crippen LogP contribution in [0.1, 0.15) is 38.7 Å². The Morgan fingerprint density at radius 3 is 2.59 bits per heavy atom. The number of fused-ring (bicyclic) bond motifs is 5. The molecule has 6 heteroatoms. The largest absolute Gasteiger partial charge is 0.618 e. The van der Waals surface area contributed by atoms with Gasteiger partial charge in [-0.15, -0.1) is 0 Å². The Kier molecular flexibility index (Phi) is 3.72. The summed E-state index contributed by atoms with van der Waals surface area (Å²) in [7, 11) is 0. The zero-order valence-corrected chi connectivity index (χ0v) is 20.9. The predicted octanol–water partition coefficient (Wildman–Crippen LogP) is 4.78. The molecule has 3 aromatic carbocycles. The van der Waals surface area contributed by atoms with Crippen LogP contribution in [0.25, 0.3) is 27.5 Å². The first-order valence-electron chi connectivity index (χ1n) is 13.1. The van der Waals surface area contributed by atoms with Crippen LogP contribution in [0.3, 0.4) is 0 Å². The van der Waals surface area contributed by atoms with Crippen LogP contribution >= 0.6 is 0 Å². The fourth-order valence-corrected chi connectivity index (χ4v) is 8.04. The van der Waals surface area contributed by atoms with Crippen molar-refractivity contribution in [2.75, 3.05) is 6.54 Å². The first-order chi connectivity index (χ1) is 17.8. The molecular formula is C31H27N3O3. The average molecular weight is 490 g/mol. The Balaban J connectivity index is 1.31. The molecule has 0 radical (unpaired) electrons. The van der Waals surface area contributed by atoms with Gasteiger partial charge in [0.2, 0.25) is 17.3 Å². The standard InChI is InChI=1S/C31H27N3O3/c1-29(2)25-17-30-12-5-13-33(30)28(36)31(25,32-27(30)35)16-23-22-11-10-21(15-24(22)34(37)26(23)29)20-9-8-18-6-3-4-7-19(18)14-20/h3-4,6-11,14-16,25H,5,12-13,17H2,1-2H3,(H,32,35)/t25?,30?,31-/m0/s1. The van der Waals surface area contributed by atoms with Crippen molar-refractivity contribution in [1.29, 1.82) is 0 Å². The highest BCUT2D eigenvalue weighted by molar-refractivity contribution is 6.30. The van der Waals surface area contributed by atoms with Gasteiger partial charge < -0.3 is 15.4 Å². The Morgan fingerprint density at radius 2 is 1.76 bits per heavy atom. The number of piperidine rings is 2. The van der Waals surface area contributed by atoms with Crippen LogP contribution in [0.15, 0.2) is 66.7 Å². The molecule has 0 saturated carbocycles. The summed E-state index contributed by atoms with van der Waals surface area (Å²) in [5.41, 5.74) is 2.45. The fourth-order valence-electron chi connectivity index (χ4n) is 8.04. The number of nitrogens with one attached hydrogen (secondary N) is 1. The zero-order valence-electron chi connectivity index (χ0n) is 20.9. The molecule has 1 aliphatic carbocycles. The molecule has 9 rings (SSSR count). The molecule has 2 unspecified atom stereocenters. The normalized spacial score (nSPS) is 30.6. The van der Waals surface area contributed by atoms with Crippen LogP contribution in [-0.4, -0.2) is 44.8 Å². The third-order valence-corrected chi connectivity index (χ3v) is 9.82. The van der Waals surface area contributed by atoms with Crippen molar-refractivity contribution in [3.63, 3.8) is 0 Å². The number of rotatable bonds is 1. The first kappa shape index (κ1) is 21.2. The van der Waals surface area contributed by atoms with Crippen molar-refractivity contribution in [3.05, 3.63) is 77.5 Å². The lowest BCUT2D eigenvalue weighted by molar-refractivity contribution is -0.362. The minimum atomic E-state index is -1.11. The van der Waals surface area contributed by atoms with E-state index in [1.807, 2.05) is 41.3 Å². The molecule has 6 aliphatic rings. The maximum atomic E-state index is 13.9. The summed E-state index contributed by atoms with van der Waals surface area (Å²) in [5, 5.41) is 19.4. The van der Waals surface area contributed by atoms with E-state index in [1.54, 1.807) is 0 Å². The van der Waals surface area contributed by atoms with Gasteiger partial charge in [-0.2, -0.15) is 4.74 Å². The Bertz CT molecular complexity index is 1670. The third kappa shape index (κ3) is 2.35. The minimum Gasteiger partial charge on any atom is -0.618 e. The molecule has 1 N–H and O–H groups in total. The predicted molar refractivity (Wildman–Crippen MR) is 142 cm³/mol. The molecule has 5 heterocycles. The van der Waals surface area contributed by atoms with Crippen molar-refractivity contribution < 1.29 is 14.3 Å². The average Bonchev–Trinajstić information content (AvgIpc) is 3.45. The second kappa shape index (κ2) is 6.49. The van der Waals surface area contributed by atoms with E-state index in [0.29, 0.717) is 30.8 Å². The second-order valence-electron chi connectivity index (χ2n) is 11.9. The van der Waals surface area contributed by atoms with E-state index in [-0.39, 0.29) is 17.7 Å². The highest BCUT2D eigenvalue weighted by atomic mass is 16.5. The summed E-state index contributed by atoms with van der Waals surface area (Å²) in [5.74, 6) is -0.232. The van der Waals surface area contributed by atoms with Gasteiger partial charge in [0.15, 0.2) is 0 Å². The molecule has 37 heavy (non-hydrogen) atoms. The Morgan fingerprint density at radius 1 is 1.00 bits per heavy atom. The quantitative estimate of drug-likeness (QED) is 0.395. The van der Waals surface area contributed by atoms with Gasteiger partial charge in [0, 0.05) is 18.5 Å². The molecule has 2 bridgehead atoms.